The topological polar surface area (TPSA) is 71.3 Å². The minimum Gasteiger partial charge on any atom is -0.372 e. The molecule has 1 amide bonds. The number of nitrogens with zero attached hydrogens (tertiary/aromatic N) is 3. The van der Waals surface area contributed by atoms with Gasteiger partial charge in [0, 0.05) is 24.5 Å². The summed E-state index contributed by atoms with van der Waals surface area (Å²) in [6, 6.07) is 7.70. The first-order chi connectivity index (χ1) is 9.65. The predicted octanol–water partition coefficient (Wildman–Crippen LogP) is 2.48. The summed E-state index contributed by atoms with van der Waals surface area (Å²) in [7, 11) is 0. The van der Waals surface area contributed by atoms with Gasteiger partial charge in [0.25, 0.3) is 5.91 Å². The molecule has 1 N–H and O–H groups in total. The van der Waals surface area contributed by atoms with Gasteiger partial charge in [-0.3, -0.25) is 4.79 Å². The lowest BCUT2D eigenvalue weighted by atomic mass is 10.2. The molecule has 0 aliphatic carbocycles. The lowest BCUT2D eigenvalue weighted by Crippen LogP contribution is -2.21. The number of amides is 1. The van der Waals surface area contributed by atoms with E-state index < -0.39 is 0 Å². The van der Waals surface area contributed by atoms with Gasteiger partial charge in [-0.15, -0.1) is 0 Å². The largest absolute Gasteiger partial charge is 0.372 e. The average molecular weight is 274 g/mol. The third kappa shape index (κ3) is 2.96. The number of rotatable bonds is 5. The van der Waals surface area contributed by atoms with Gasteiger partial charge >= 0.3 is 0 Å². The number of carbonyl (C=O) groups is 1. The number of anilines is 2. The third-order valence-electron chi connectivity index (χ3n) is 3.12. The van der Waals surface area contributed by atoms with E-state index in [0.717, 1.165) is 18.8 Å². The van der Waals surface area contributed by atoms with E-state index in [0.29, 0.717) is 11.4 Å². The van der Waals surface area contributed by atoms with Crippen molar-refractivity contribution in [1.29, 1.82) is 0 Å². The highest BCUT2D eigenvalue weighted by atomic mass is 16.6. The molecule has 0 radical (unpaired) electrons. The zero-order valence-corrected chi connectivity index (χ0v) is 11.9. The summed E-state index contributed by atoms with van der Waals surface area (Å²) in [6.07, 6.45) is 0. The summed E-state index contributed by atoms with van der Waals surface area (Å²) in [4.78, 5) is 14.2. The summed E-state index contributed by atoms with van der Waals surface area (Å²) in [5.74, 6) is -0.320. The Morgan fingerprint density at radius 2 is 1.85 bits per heavy atom. The Labute approximate surface area is 117 Å². The van der Waals surface area contributed by atoms with Crippen LogP contribution in [0, 0.1) is 6.92 Å². The second-order valence-electron chi connectivity index (χ2n) is 4.37. The smallest absolute Gasteiger partial charge is 0.279 e. The number of nitrogens with one attached hydrogen (secondary N) is 1. The van der Waals surface area contributed by atoms with Crippen LogP contribution in [0.3, 0.4) is 0 Å². The van der Waals surface area contributed by atoms with Gasteiger partial charge < -0.3 is 10.2 Å². The standard InChI is InChI=1S/C14H18N4O2/c1-4-18(5-2)12-8-6-11(7-9-12)15-14(19)13-10(3)16-20-17-13/h6-9H,4-5H2,1-3H3,(H,15,19). The van der Waals surface area contributed by atoms with Crippen molar-refractivity contribution in [2.45, 2.75) is 20.8 Å². The van der Waals surface area contributed by atoms with E-state index in [4.69, 9.17) is 0 Å². The van der Waals surface area contributed by atoms with Gasteiger partial charge in [0.2, 0.25) is 0 Å². The van der Waals surface area contributed by atoms with Crippen molar-refractivity contribution in [2.75, 3.05) is 23.3 Å². The molecule has 20 heavy (non-hydrogen) atoms. The van der Waals surface area contributed by atoms with E-state index in [2.05, 4.69) is 39.0 Å². The molecular formula is C14H18N4O2. The average Bonchev–Trinajstić information content (AvgIpc) is 2.88. The first-order valence-corrected chi connectivity index (χ1v) is 6.61. The monoisotopic (exact) mass is 274 g/mol. The number of aryl methyl sites for hydroxylation is 1. The molecule has 0 unspecified atom stereocenters. The van der Waals surface area contributed by atoms with Gasteiger partial charge in [-0.1, -0.05) is 5.16 Å². The Balaban J connectivity index is 2.08. The van der Waals surface area contributed by atoms with Gasteiger partial charge in [0.1, 0.15) is 5.69 Å². The van der Waals surface area contributed by atoms with Crippen LogP contribution in [0.25, 0.3) is 0 Å². The van der Waals surface area contributed by atoms with Gasteiger partial charge in [0.05, 0.1) is 0 Å². The van der Waals surface area contributed by atoms with Crippen LogP contribution in [-0.2, 0) is 0 Å². The van der Waals surface area contributed by atoms with Gasteiger partial charge in [-0.05, 0) is 50.2 Å². The first-order valence-electron chi connectivity index (χ1n) is 6.61. The molecule has 6 nitrogen and oxygen atoms in total. The molecule has 0 bridgehead atoms. The summed E-state index contributed by atoms with van der Waals surface area (Å²) in [5, 5.41) is 9.93. The second-order valence-corrected chi connectivity index (χ2v) is 4.37. The highest BCUT2D eigenvalue weighted by molar-refractivity contribution is 6.03. The molecule has 1 heterocycles. The number of carbonyl (C=O) groups excluding carboxylic acids is 1. The Bertz CT molecular complexity index is 573. The molecule has 0 saturated carbocycles. The maximum Gasteiger partial charge on any atom is 0.279 e. The van der Waals surface area contributed by atoms with Crippen LogP contribution in [0.1, 0.15) is 30.0 Å². The fraction of sp³-hybridized carbons (Fsp3) is 0.357. The molecule has 1 aromatic carbocycles. The van der Waals surface area contributed by atoms with Gasteiger partial charge in [-0.25, -0.2) is 4.63 Å². The van der Waals surface area contributed by atoms with Crippen molar-refractivity contribution >= 4 is 17.3 Å². The summed E-state index contributed by atoms with van der Waals surface area (Å²) < 4.78 is 4.52. The minimum absolute atomic E-state index is 0.206. The summed E-state index contributed by atoms with van der Waals surface area (Å²) in [6.45, 7) is 7.80. The van der Waals surface area contributed by atoms with Gasteiger partial charge in [-0.2, -0.15) is 0 Å². The van der Waals surface area contributed by atoms with Crippen LogP contribution in [0.2, 0.25) is 0 Å². The molecule has 0 aliphatic heterocycles. The molecule has 1 aromatic heterocycles. The van der Waals surface area contributed by atoms with E-state index in [1.54, 1.807) is 6.92 Å². The fourth-order valence-corrected chi connectivity index (χ4v) is 1.97. The van der Waals surface area contributed by atoms with Gasteiger partial charge in [0.15, 0.2) is 5.69 Å². The predicted molar refractivity (Wildman–Crippen MR) is 77.0 cm³/mol. The second kappa shape index (κ2) is 6.18. The molecule has 0 fully saturated rings. The van der Waals surface area contributed by atoms with Crippen molar-refractivity contribution in [3.63, 3.8) is 0 Å². The maximum atomic E-state index is 11.9. The number of hydrogen-bond donors (Lipinski definition) is 1. The van der Waals surface area contributed by atoms with Crippen LogP contribution < -0.4 is 10.2 Å². The quantitative estimate of drug-likeness (QED) is 0.907. The lowest BCUT2D eigenvalue weighted by molar-refractivity contribution is 0.101. The molecule has 2 rings (SSSR count). The van der Waals surface area contributed by atoms with E-state index >= 15 is 0 Å². The van der Waals surface area contributed by atoms with Crippen LogP contribution in [-0.4, -0.2) is 29.3 Å². The lowest BCUT2D eigenvalue weighted by Gasteiger charge is -2.21. The zero-order valence-electron chi connectivity index (χ0n) is 11.9. The maximum absolute atomic E-state index is 11.9. The van der Waals surface area contributed by atoms with E-state index in [9.17, 15) is 4.79 Å². The van der Waals surface area contributed by atoms with E-state index in [1.165, 1.54) is 0 Å². The van der Waals surface area contributed by atoms with Crippen LogP contribution >= 0.6 is 0 Å². The summed E-state index contributed by atoms with van der Waals surface area (Å²) >= 11 is 0. The van der Waals surface area contributed by atoms with E-state index in [-0.39, 0.29) is 11.6 Å². The Morgan fingerprint density at radius 3 is 2.35 bits per heavy atom. The minimum atomic E-state index is -0.320. The zero-order chi connectivity index (χ0) is 14.5. The molecule has 0 spiro atoms. The van der Waals surface area contributed by atoms with Crippen LogP contribution in [0.15, 0.2) is 28.9 Å². The molecule has 0 saturated heterocycles. The fourth-order valence-electron chi connectivity index (χ4n) is 1.97. The Kier molecular flexibility index (Phi) is 4.34. The van der Waals surface area contributed by atoms with Crippen molar-refractivity contribution in [3.05, 3.63) is 35.7 Å². The SMILES string of the molecule is CCN(CC)c1ccc(NC(=O)c2nonc2C)cc1. The molecule has 6 heteroatoms. The third-order valence-corrected chi connectivity index (χ3v) is 3.12. The summed E-state index contributed by atoms with van der Waals surface area (Å²) in [5.41, 5.74) is 2.53. The normalized spacial score (nSPS) is 10.3. The van der Waals surface area contributed by atoms with Crippen molar-refractivity contribution in [1.82, 2.24) is 10.3 Å². The molecular weight excluding hydrogens is 256 g/mol. The van der Waals surface area contributed by atoms with E-state index in [1.807, 2.05) is 24.3 Å². The van der Waals surface area contributed by atoms with Crippen LogP contribution in [0.5, 0.6) is 0 Å². The van der Waals surface area contributed by atoms with Crippen LogP contribution in [0.4, 0.5) is 11.4 Å². The van der Waals surface area contributed by atoms with Crippen molar-refractivity contribution in [2.24, 2.45) is 0 Å². The molecule has 0 atom stereocenters. The van der Waals surface area contributed by atoms with Crippen molar-refractivity contribution < 1.29 is 9.42 Å². The first kappa shape index (κ1) is 14.0. The number of aromatic nitrogens is 2. The Morgan fingerprint density at radius 1 is 1.20 bits per heavy atom. The number of hydrogen-bond acceptors (Lipinski definition) is 5. The Hall–Kier alpha value is -2.37. The van der Waals surface area contributed by atoms with Crippen molar-refractivity contribution in [3.8, 4) is 0 Å². The molecule has 2 aromatic rings. The highest BCUT2D eigenvalue weighted by Gasteiger charge is 2.15. The number of benzene rings is 1. The molecule has 0 aliphatic rings. The molecule has 106 valence electrons. The highest BCUT2D eigenvalue weighted by Crippen LogP contribution is 2.18.